The van der Waals surface area contributed by atoms with Gasteiger partial charge >= 0.3 is 0 Å². The topological polar surface area (TPSA) is 50.9 Å². The number of nitrogens with two attached hydrogens (primary N) is 1. The molecule has 19 heavy (non-hydrogen) atoms. The molecule has 0 atom stereocenters. The summed E-state index contributed by atoms with van der Waals surface area (Å²) >= 11 is 5.09. The van der Waals surface area contributed by atoms with Crippen molar-refractivity contribution < 1.29 is 0 Å². The first-order valence-electron chi connectivity index (χ1n) is 6.13. The fourth-order valence-corrected chi connectivity index (χ4v) is 2.15. The first-order valence-corrected chi connectivity index (χ1v) is 6.54. The standard InChI is InChI=1S/C15H17N3S/c1-10-6-4-8-17-13(10)9-18-14-11(2)5-3-7-12(14)15(16)19/h3-8,18H,9H2,1-2H3,(H2,16,19). The van der Waals surface area contributed by atoms with Crippen molar-refractivity contribution in [1.82, 2.24) is 4.98 Å². The molecule has 1 heterocycles. The van der Waals surface area contributed by atoms with Gasteiger partial charge in [0, 0.05) is 17.4 Å². The predicted molar refractivity (Wildman–Crippen MR) is 83.4 cm³/mol. The van der Waals surface area contributed by atoms with Gasteiger partial charge in [-0.2, -0.15) is 0 Å². The summed E-state index contributed by atoms with van der Waals surface area (Å²) in [6.07, 6.45) is 1.80. The lowest BCUT2D eigenvalue weighted by molar-refractivity contribution is 1.01. The average Bonchev–Trinajstić information content (AvgIpc) is 2.38. The molecule has 4 heteroatoms. The van der Waals surface area contributed by atoms with E-state index in [9.17, 15) is 0 Å². The molecule has 0 unspecified atom stereocenters. The van der Waals surface area contributed by atoms with Crippen molar-refractivity contribution in [3.05, 3.63) is 58.9 Å². The molecule has 0 radical (unpaired) electrons. The number of thiocarbonyl (C=S) groups is 1. The van der Waals surface area contributed by atoms with Gasteiger partial charge in [0.25, 0.3) is 0 Å². The van der Waals surface area contributed by atoms with Crippen LogP contribution in [0.3, 0.4) is 0 Å². The summed E-state index contributed by atoms with van der Waals surface area (Å²) in [7, 11) is 0. The number of para-hydroxylation sites is 1. The highest BCUT2D eigenvalue weighted by Gasteiger charge is 2.08. The number of benzene rings is 1. The monoisotopic (exact) mass is 271 g/mol. The zero-order valence-corrected chi connectivity index (χ0v) is 11.9. The van der Waals surface area contributed by atoms with E-state index in [1.807, 2.05) is 31.2 Å². The van der Waals surface area contributed by atoms with Crippen molar-refractivity contribution in [2.45, 2.75) is 20.4 Å². The number of hydrogen-bond donors (Lipinski definition) is 2. The first-order chi connectivity index (χ1) is 9.09. The molecule has 0 saturated carbocycles. The molecular weight excluding hydrogens is 254 g/mol. The van der Waals surface area contributed by atoms with Crippen molar-refractivity contribution in [1.29, 1.82) is 0 Å². The molecule has 3 nitrogen and oxygen atoms in total. The minimum absolute atomic E-state index is 0.406. The molecule has 3 N–H and O–H groups in total. The lowest BCUT2D eigenvalue weighted by Gasteiger charge is -2.14. The van der Waals surface area contributed by atoms with Gasteiger partial charge in [-0.1, -0.05) is 30.4 Å². The molecule has 0 aliphatic carbocycles. The van der Waals surface area contributed by atoms with Gasteiger partial charge in [-0.15, -0.1) is 0 Å². The van der Waals surface area contributed by atoms with Crippen LogP contribution in [0, 0.1) is 13.8 Å². The Balaban J connectivity index is 2.25. The number of aryl methyl sites for hydroxylation is 2. The lowest BCUT2D eigenvalue weighted by Crippen LogP contribution is -2.14. The van der Waals surface area contributed by atoms with E-state index in [0.717, 1.165) is 22.5 Å². The van der Waals surface area contributed by atoms with Crippen LogP contribution in [-0.2, 0) is 6.54 Å². The maximum atomic E-state index is 5.76. The third kappa shape index (κ3) is 3.09. The van der Waals surface area contributed by atoms with Crippen molar-refractivity contribution >= 4 is 22.9 Å². The average molecular weight is 271 g/mol. The normalized spacial score (nSPS) is 10.2. The Kier molecular flexibility index (Phi) is 4.12. The largest absolute Gasteiger partial charge is 0.389 e. The molecule has 0 aliphatic heterocycles. The van der Waals surface area contributed by atoms with Gasteiger partial charge in [0.15, 0.2) is 0 Å². The van der Waals surface area contributed by atoms with Gasteiger partial charge in [-0.25, -0.2) is 0 Å². The molecule has 0 amide bonds. The summed E-state index contributed by atoms with van der Waals surface area (Å²) in [6, 6.07) is 9.92. The smallest absolute Gasteiger partial charge is 0.106 e. The summed E-state index contributed by atoms with van der Waals surface area (Å²) in [5, 5.41) is 3.39. The Labute approximate surface area is 118 Å². The molecule has 2 rings (SSSR count). The molecule has 98 valence electrons. The molecule has 2 aromatic rings. The van der Waals surface area contributed by atoms with Crippen LogP contribution in [0.15, 0.2) is 36.5 Å². The fraction of sp³-hybridized carbons (Fsp3) is 0.200. The molecule has 1 aromatic heterocycles. The molecular formula is C15H17N3S. The fourth-order valence-electron chi connectivity index (χ4n) is 1.98. The van der Waals surface area contributed by atoms with Crippen LogP contribution < -0.4 is 11.1 Å². The van der Waals surface area contributed by atoms with Crippen molar-refractivity contribution in [2.75, 3.05) is 5.32 Å². The summed E-state index contributed by atoms with van der Waals surface area (Å²) < 4.78 is 0. The summed E-state index contributed by atoms with van der Waals surface area (Å²) in [5.41, 5.74) is 10.9. The van der Waals surface area contributed by atoms with Crippen LogP contribution in [0.5, 0.6) is 0 Å². The summed E-state index contributed by atoms with van der Waals surface area (Å²) in [4.78, 5) is 4.78. The SMILES string of the molecule is Cc1cccnc1CNc1c(C)cccc1C(N)=S. The van der Waals surface area contributed by atoms with Crippen LogP contribution >= 0.6 is 12.2 Å². The van der Waals surface area contributed by atoms with Crippen molar-refractivity contribution in [2.24, 2.45) is 5.73 Å². The van der Waals surface area contributed by atoms with Crippen LogP contribution in [0.1, 0.15) is 22.4 Å². The van der Waals surface area contributed by atoms with E-state index in [4.69, 9.17) is 18.0 Å². The maximum absolute atomic E-state index is 5.76. The molecule has 0 spiro atoms. The van der Waals surface area contributed by atoms with Gasteiger partial charge < -0.3 is 11.1 Å². The Hall–Kier alpha value is -1.94. The molecule has 1 aromatic carbocycles. The van der Waals surface area contributed by atoms with E-state index < -0.39 is 0 Å². The van der Waals surface area contributed by atoms with Gasteiger partial charge in [0.05, 0.1) is 12.2 Å². The number of rotatable bonds is 4. The number of hydrogen-bond acceptors (Lipinski definition) is 3. The van der Waals surface area contributed by atoms with E-state index in [1.54, 1.807) is 6.20 Å². The second-order valence-corrected chi connectivity index (χ2v) is 4.92. The van der Waals surface area contributed by atoms with E-state index in [2.05, 4.69) is 23.3 Å². The zero-order valence-electron chi connectivity index (χ0n) is 11.1. The molecule has 0 bridgehead atoms. The van der Waals surface area contributed by atoms with Crippen LogP contribution in [-0.4, -0.2) is 9.97 Å². The Morgan fingerprint density at radius 2 is 1.95 bits per heavy atom. The minimum Gasteiger partial charge on any atom is -0.389 e. The van der Waals surface area contributed by atoms with E-state index in [1.165, 1.54) is 5.56 Å². The van der Waals surface area contributed by atoms with E-state index in [0.29, 0.717) is 11.5 Å². The number of anilines is 1. The highest BCUT2D eigenvalue weighted by atomic mass is 32.1. The van der Waals surface area contributed by atoms with Crippen LogP contribution in [0.2, 0.25) is 0 Å². The molecule has 0 fully saturated rings. The second kappa shape index (κ2) is 5.80. The zero-order chi connectivity index (χ0) is 13.8. The highest BCUT2D eigenvalue weighted by Crippen LogP contribution is 2.21. The van der Waals surface area contributed by atoms with Gasteiger partial charge in [0.2, 0.25) is 0 Å². The summed E-state index contributed by atoms with van der Waals surface area (Å²) in [6.45, 7) is 4.75. The van der Waals surface area contributed by atoms with E-state index in [-0.39, 0.29) is 0 Å². The Morgan fingerprint density at radius 1 is 1.21 bits per heavy atom. The third-order valence-electron chi connectivity index (χ3n) is 3.09. The van der Waals surface area contributed by atoms with Crippen molar-refractivity contribution in [3.8, 4) is 0 Å². The quantitative estimate of drug-likeness (QED) is 0.839. The number of pyridine rings is 1. The number of aromatic nitrogens is 1. The molecule has 0 saturated heterocycles. The highest BCUT2D eigenvalue weighted by molar-refractivity contribution is 7.80. The minimum atomic E-state index is 0.406. The lowest BCUT2D eigenvalue weighted by atomic mass is 10.1. The third-order valence-corrected chi connectivity index (χ3v) is 3.31. The Bertz CT molecular complexity index is 608. The molecule has 0 aliphatic rings. The van der Waals surface area contributed by atoms with Gasteiger partial charge in [0.1, 0.15) is 4.99 Å². The first kappa shape index (κ1) is 13.5. The van der Waals surface area contributed by atoms with Gasteiger partial charge in [-0.05, 0) is 37.1 Å². The van der Waals surface area contributed by atoms with Crippen molar-refractivity contribution in [3.63, 3.8) is 0 Å². The number of nitrogens with zero attached hydrogens (tertiary/aromatic N) is 1. The summed E-state index contributed by atoms with van der Waals surface area (Å²) in [5.74, 6) is 0. The van der Waals surface area contributed by atoms with E-state index >= 15 is 0 Å². The van der Waals surface area contributed by atoms with Gasteiger partial charge in [-0.3, -0.25) is 4.98 Å². The number of nitrogens with one attached hydrogen (secondary N) is 1. The Morgan fingerprint density at radius 3 is 2.63 bits per heavy atom. The maximum Gasteiger partial charge on any atom is 0.106 e. The van der Waals surface area contributed by atoms with Crippen LogP contribution in [0.4, 0.5) is 5.69 Å². The second-order valence-electron chi connectivity index (χ2n) is 4.48. The predicted octanol–water partition coefficient (Wildman–Crippen LogP) is 2.94. The van der Waals surface area contributed by atoms with Crippen LogP contribution in [0.25, 0.3) is 0 Å².